The zero-order valence-electron chi connectivity index (χ0n) is 8.47. The highest BCUT2D eigenvalue weighted by Crippen LogP contribution is 2.50. The molecule has 1 aromatic carbocycles. The maximum Gasteiger partial charge on any atom is 0.124 e. The van der Waals surface area contributed by atoms with Gasteiger partial charge in [0.15, 0.2) is 0 Å². The van der Waals surface area contributed by atoms with Gasteiger partial charge in [0.1, 0.15) is 5.82 Å². The van der Waals surface area contributed by atoms with Crippen LogP contribution in [0.4, 0.5) is 10.1 Å². The Morgan fingerprint density at radius 3 is 2.53 bits per heavy atom. The molecule has 2 aliphatic rings. The summed E-state index contributed by atoms with van der Waals surface area (Å²) in [5.41, 5.74) is 1.75. The van der Waals surface area contributed by atoms with Crippen LogP contribution in [-0.4, -0.2) is 13.1 Å². The van der Waals surface area contributed by atoms with Crippen molar-refractivity contribution >= 4 is 21.6 Å². The van der Waals surface area contributed by atoms with Crippen molar-refractivity contribution in [3.05, 3.63) is 28.5 Å². The van der Waals surface area contributed by atoms with Gasteiger partial charge in [0.25, 0.3) is 0 Å². The predicted molar refractivity (Wildman–Crippen MR) is 62.6 cm³/mol. The third-order valence-corrected chi connectivity index (χ3v) is 4.35. The lowest BCUT2D eigenvalue weighted by molar-refractivity contribution is 0.0903. The van der Waals surface area contributed by atoms with Crippen molar-refractivity contribution in [3.8, 4) is 0 Å². The van der Waals surface area contributed by atoms with Crippen molar-refractivity contribution < 1.29 is 4.39 Å². The summed E-state index contributed by atoms with van der Waals surface area (Å²) < 4.78 is 13.8. The second-order valence-corrected chi connectivity index (χ2v) is 5.66. The first-order valence-corrected chi connectivity index (χ1v) is 6.18. The second-order valence-electron chi connectivity index (χ2n) is 4.81. The molecule has 1 aliphatic heterocycles. The summed E-state index contributed by atoms with van der Waals surface area (Å²) in [5, 5.41) is 0. The molecule has 1 aromatic rings. The van der Waals surface area contributed by atoms with Crippen LogP contribution in [0.3, 0.4) is 0 Å². The lowest BCUT2D eigenvalue weighted by Gasteiger charge is -2.57. The fourth-order valence-electron chi connectivity index (χ4n) is 2.66. The van der Waals surface area contributed by atoms with Gasteiger partial charge in [-0.3, -0.25) is 0 Å². The Labute approximate surface area is 97.4 Å². The van der Waals surface area contributed by atoms with Gasteiger partial charge in [0, 0.05) is 23.0 Å². The van der Waals surface area contributed by atoms with E-state index >= 15 is 0 Å². The van der Waals surface area contributed by atoms with Gasteiger partial charge < -0.3 is 4.90 Å². The minimum atomic E-state index is -0.176. The Bertz CT molecular complexity index is 393. The smallest absolute Gasteiger partial charge is 0.124 e. The second kappa shape index (κ2) is 3.21. The fourth-order valence-corrected chi connectivity index (χ4v) is 3.27. The maximum atomic E-state index is 12.9. The number of halogens is 2. The normalized spacial score (nSPS) is 22.4. The van der Waals surface area contributed by atoms with Gasteiger partial charge >= 0.3 is 0 Å². The Balaban J connectivity index is 1.77. The van der Waals surface area contributed by atoms with Crippen LogP contribution in [0.5, 0.6) is 0 Å². The standard InChI is InChI=1S/C12H13BrFN/c13-10-6-9(14)2-3-11(10)15-7-12(8-15)4-1-5-12/h2-3,6H,1,4-5,7-8H2. The fraction of sp³-hybridized carbons (Fsp3) is 0.500. The van der Waals surface area contributed by atoms with Crippen LogP contribution in [0, 0.1) is 11.2 Å². The molecule has 0 aromatic heterocycles. The Kier molecular flexibility index (Phi) is 2.06. The summed E-state index contributed by atoms with van der Waals surface area (Å²) in [6, 6.07) is 4.94. The lowest BCUT2D eigenvalue weighted by atomic mass is 9.63. The van der Waals surface area contributed by atoms with Crippen LogP contribution < -0.4 is 4.90 Å². The number of nitrogens with zero attached hydrogens (tertiary/aromatic N) is 1. The molecule has 1 nitrogen and oxygen atoms in total. The molecule has 3 heteroatoms. The molecule has 15 heavy (non-hydrogen) atoms. The quantitative estimate of drug-likeness (QED) is 0.754. The van der Waals surface area contributed by atoms with Gasteiger partial charge in [-0.1, -0.05) is 6.42 Å². The number of anilines is 1. The van der Waals surface area contributed by atoms with Gasteiger partial charge in [-0.2, -0.15) is 0 Å². The molecule has 1 saturated carbocycles. The Morgan fingerprint density at radius 2 is 2.00 bits per heavy atom. The molecule has 1 spiro atoms. The van der Waals surface area contributed by atoms with Crippen molar-refractivity contribution in [1.82, 2.24) is 0 Å². The number of hydrogen-bond acceptors (Lipinski definition) is 1. The van der Waals surface area contributed by atoms with Gasteiger partial charge in [0.2, 0.25) is 0 Å². The first-order valence-electron chi connectivity index (χ1n) is 5.39. The molecule has 2 fully saturated rings. The van der Waals surface area contributed by atoms with Gasteiger partial charge in [-0.15, -0.1) is 0 Å². The molecule has 1 saturated heterocycles. The van der Waals surface area contributed by atoms with E-state index in [-0.39, 0.29) is 5.82 Å². The lowest BCUT2D eigenvalue weighted by Crippen LogP contribution is -2.59. The summed E-state index contributed by atoms with van der Waals surface area (Å²) in [6.45, 7) is 2.30. The highest BCUT2D eigenvalue weighted by atomic mass is 79.9. The van der Waals surface area contributed by atoms with Crippen molar-refractivity contribution in [1.29, 1.82) is 0 Å². The van der Waals surface area contributed by atoms with E-state index in [1.807, 2.05) is 6.07 Å². The third kappa shape index (κ3) is 1.48. The zero-order valence-corrected chi connectivity index (χ0v) is 10.1. The molecule has 0 unspecified atom stereocenters. The highest BCUT2D eigenvalue weighted by Gasteiger charge is 2.47. The SMILES string of the molecule is Fc1ccc(N2CC3(CCC3)C2)c(Br)c1. The van der Waals surface area contributed by atoms with E-state index in [9.17, 15) is 4.39 Å². The highest BCUT2D eigenvalue weighted by molar-refractivity contribution is 9.10. The van der Waals surface area contributed by atoms with Crippen molar-refractivity contribution in [2.24, 2.45) is 5.41 Å². The third-order valence-electron chi connectivity index (χ3n) is 3.72. The Hall–Kier alpha value is -0.570. The minimum absolute atomic E-state index is 0.176. The molecular weight excluding hydrogens is 257 g/mol. The molecule has 80 valence electrons. The van der Waals surface area contributed by atoms with Crippen LogP contribution in [0.25, 0.3) is 0 Å². The molecule has 0 amide bonds. The van der Waals surface area contributed by atoms with E-state index < -0.39 is 0 Å². The van der Waals surface area contributed by atoms with Gasteiger partial charge in [0.05, 0.1) is 5.69 Å². The topological polar surface area (TPSA) is 3.24 Å². The van der Waals surface area contributed by atoms with Crippen LogP contribution in [-0.2, 0) is 0 Å². The maximum absolute atomic E-state index is 12.9. The average molecular weight is 270 g/mol. The summed E-state index contributed by atoms with van der Waals surface area (Å²) in [7, 11) is 0. The van der Waals surface area contributed by atoms with E-state index in [0.717, 1.165) is 23.2 Å². The summed E-state index contributed by atoms with van der Waals surface area (Å²) in [6.07, 6.45) is 4.14. The predicted octanol–water partition coefficient (Wildman–Crippen LogP) is 3.58. The molecule has 0 atom stereocenters. The van der Waals surface area contributed by atoms with Gasteiger partial charge in [-0.05, 0) is 47.0 Å². The zero-order chi connectivity index (χ0) is 10.5. The van der Waals surface area contributed by atoms with E-state index in [1.54, 1.807) is 6.07 Å². The van der Waals surface area contributed by atoms with Crippen molar-refractivity contribution in [2.45, 2.75) is 19.3 Å². The molecular formula is C12H13BrFN. The van der Waals surface area contributed by atoms with E-state index in [0.29, 0.717) is 5.41 Å². The molecule has 0 radical (unpaired) electrons. The number of hydrogen-bond donors (Lipinski definition) is 0. The number of rotatable bonds is 1. The van der Waals surface area contributed by atoms with Crippen LogP contribution in [0.15, 0.2) is 22.7 Å². The molecule has 1 heterocycles. The van der Waals surface area contributed by atoms with E-state index in [4.69, 9.17) is 0 Å². The van der Waals surface area contributed by atoms with Crippen LogP contribution in [0.1, 0.15) is 19.3 Å². The van der Waals surface area contributed by atoms with Crippen LogP contribution >= 0.6 is 15.9 Å². The van der Waals surface area contributed by atoms with E-state index in [1.165, 1.54) is 25.3 Å². The molecule has 0 N–H and O–H groups in total. The number of benzene rings is 1. The average Bonchev–Trinajstić information content (AvgIpc) is 2.03. The summed E-state index contributed by atoms with van der Waals surface area (Å²) >= 11 is 3.42. The Morgan fingerprint density at radius 1 is 1.27 bits per heavy atom. The van der Waals surface area contributed by atoms with Crippen molar-refractivity contribution in [3.63, 3.8) is 0 Å². The first kappa shape index (κ1) is 9.64. The molecule has 3 rings (SSSR count). The largest absolute Gasteiger partial charge is 0.369 e. The van der Waals surface area contributed by atoms with E-state index in [2.05, 4.69) is 20.8 Å². The first-order chi connectivity index (χ1) is 7.19. The summed E-state index contributed by atoms with van der Waals surface area (Å²) in [4.78, 5) is 2.34. The molecule has 0 bridgehead atoms. The van der Waals surface area contributed by atoms with Gasteiger partial charge in [-0.25, -0.2) is 4.39 Å². The van der Waals surface area contributed by atoms with Crippen molar-refractivity contribution in [2.75, 3.05) is 18.0 Å². The summed E-state index contributed by atoms with van der Waals surface area (Å²) in [5.74, 6) is -0.176. The molecule has 1 aliphatic carbocycles. The minimum Gasteiger partial charge on any atom is -0.369 e. The monoisotopic (exact) mass is 269 g/mol. The van der Waals surface area contributed by atoms with Crippen LogP contribution in [0.2, 0.25) is 0 Å².